The summed E-state index contributed by atoms with van der Waals surface area (Å²) < 4.78 is 39.9. The zero-order chi connectivity index (χ0) is 31.0. The molecule has 42 heavy (non-hydrogen) atoms. The molecule has 0 aliphatic carbocycles. The summed E-state index contributed by atoms with van der Waals surface area (Å²) in [6.45, 7) is 7.26. The lowest BCUT2D eigenvalue weighted by Gasteiger charge is -2.32. The molecule has 1 atom stereocenters. The smallest absolute Gasteiger partial charge is 0.264 e. The third-order valence-corrected chi connectivity index (χ3v) is 8.65. The fraction of sp³-hybridized carbons (Fsp3) is 0.355. The van der Waals surface area contributed by atoms with Crippen molar-refractivity contribution in [1.82, 2.24) is 10.2 Å². The highest BCUT2D eigenvalue weighted by Crippen LogP contribution is 2.35. The second-order valence-corrected chi connectivity index (χ2v) is 12.6. The summed E-state index contributed by atoms with van der Waals surface area (Å²) in [5, 5.41) is 3.13. The van der Waals surface area contributed by atoms with Crippen LogP contribution in [0.3, 0.4) is 0 Å². The molecule has 3 aromatic rings. The number of nitrogens with one attached hydrogen (secondary N) is 1. The number of methoxy groups -OCH3 is 2. The van der Waals surface area contributed by atoms with Crippen LogP contribution in [0.5, 0.6) is 11.5 Å². The number of benzene rings is 3. The number of aryl methyl sites for hydroxylation is 1. The molecule has 2 amide bonds. The maximum absolute atomic E-state index is 14.1. The molecule has 0 aromatic heterocycles. The first-order chi connectivity index (χ1) is 19.9. The summed E-state index contributed by atoms with van der Waals surface area (Å²) >= 11 is 6.28. The van der Waals surface area contributed by atoms with E-state index in [-0.39, 0.29) is 39.7 Å². The van der Waals surface area contributed by atoms with Crippen LogP contribution in [-0.4, -0.2) is 58.5 Å². The Labute approximate surface area is 253 Å². The van der Waals surface area contributed by atoms with E-state index in [1.807, 2.05) is 26.8 Å². The molecule has 9 nitrogen and oxygen atoms in total. The molecule has 1 N–H and O–H groups in total. The largest absolute Gasteiger partial charge is 0.497 e. The van der Waals surface area contributed by atoms with E-state index in [1.54, 1.807) is 43.3 Å². The van der Waals surface area contributed by atoms with Crippen LogP contribution in [0.1, 0.15) is 31.9 Å². The van der Waals surface area contributed by atoms with Gasteiger partial charge in [-0.2, -0.15) is 0 Å². The molecule has 0 saturated heterocycles. The average molecular weight is 616 g/mol. The molecule has 0 fully saturated rings. The molecule has 0 bridgehead atoms. The number of nitrogens with zero attached hydrogens (tertiary/aromatic N) is 2. The Balaban J connectivity index is 2.09. The van der Waals surface area contributed by atoms with E-state index < -0.39 is 28.5 Å². The maximum Gasteiger partial charge on any atom is 0.264 e. The molecule has 0 aliphatic rings. The number of carbonyl (C=O) groups excluding carboxylic acids is 2. The van der Waals surface area contributed by atoms with Crippen LogP contribution in [0.15, 0.2) is 71.6 Å². The van der Waals surface area contributed by atoms with Crippen molar-refractivity contribution in [2.75, 3.05) is 31.6 Å². The zero-order valence-electron chi connectivity index (χ0n) is 24.8. The van der Waals surface area contributed by atoms with Gasteiger partial charge in [0.05, 0.1) is 24.8 Å². The van der Waals surface area contributed by atoms with Crippen molar-refractivity contribution >= 4 is 39.1 Å². The molecule has 3 rings (SSSR count). The first-order valence-corrected chi connectivity index (χ1v) is 15.3. The molecule has 3 aromatic carbocycles. The van der Waals surface area contributed by atoms with Gasteiger partial charge in [0.2, 0.25) is 11.8 Å². The van der Waals surface area contributed by atoms with Crippen molar-refractivity contribution in [3.63, 3.8) is 0 Å². The Bertz CT molecular complexity index is 1490. The first-order valence-electron chi connectivity index (χ1n) is 13.5. The lowest BCUT2D eigenvalue weighted by atomic mass is 10.1. The minimum Gasteiger partial charge on any atom is -0.497 e. The number of halogens is 1. The van der Waals surface area contributed by atoms with Crippen molar-refractivity contribution < 1.29 is 27.5 Å². The van der Waals surface area contributed by atoms with Crippen LogP contribution >= 0.6 is 11.6 Å². The van der Waals surface area contributed by atoms with Crippen LogP contribution in [-0.2, 0) is 26.2 Å². The van der Waals surface area contributed by atoms with Crippen LogP contribution in [0.2, 0.25) is 5.02 Å². The van der Waals surface area contributed by atoms with Gasteiger partial charge < -0.3 is 19.7 Å². The van der Waals surface area contributed by atoms with Crippen LogP contribution < -0.4 is 19.1 Å². The minimum atomic E-state index is -4.27. The van der Waals surface area contributed by atoms with Gasteiger partial charge in [-0.3, -0.25) is 13.9 Å². The number of amides is 2. The van der Waals surface area contributed by atoms with Gasteiger partial charge in [-0.15, -0.1) is 0 Å². The van der Waals surface area contributed by atoms with E-state index in [2.05, 4.69) is 5.32 Å². The van der Waals surface area contributed by atoms with Crippen LogP contribution in [0.25, 0.3) is 0 Å². The molecule has 0 saturated carbocycles. The Morgan fingerprint density at radius 2 is 1.64 bits per heavy atom. The molecule has 0 spiro atoms. The van der Waals surface area contributed by atoms with Gasteiger partial charge in [0, 0.05) is 18.1 Å². The van der Waals surface area contributed by atoms with Gasteiger partial charge in [-0.25, -0.2) is 8.42 Å². The summed E-state index contributed by atoms with van der Waals surface area (Å²) in [5.74, 6) is 0.0547. The zero-order valence-corrected chi connectivity index (χ0v) is 26.3. The van der Waals surface area contributed by atoms with Crippen molar-refractivity contribution in [3.05, 3.63) is 82.9 Å². The van der Waals surface area contributed by atoms with Crippen molar-refractivity contribution in [2.45, 2.75) is 45.2 Å². The van der Waals surface area contributed by atoms with Crippen molar-refractivity contribution in [3.8, 4) is 11.5 Å². The molecule has 0 heterocycles. The Hall–Kier alpha value is -3.76. The van der Waals surface area contributed by atoms with Gasteiger partial charge >= 0.3 is 0 Å². The third-order valence-electron chi connectivity index (χ3n) is 6.64. The number of anilines is 1. The number of rotatable bonds is 13. The standard InChI is InChI=1S/C31H38ClN3O6S/c1-21(2)18-33-31(37)23(4)34(19-24-8-7-9-26(16-24)40-5)30(36)20-35(28-17-25(32)12-15-29(28)41-6)42(38,39)27-13-10-22(3)11-14-27/h7-17,21,23H,18-20H2,1-6H3,(H,33,37)/t23-/m1/s1. The van der Waals surface area contributed by atoms with Gasteiger partial charge in [-0.1, -0.05) is 55.3 Å². The fourth-order valence-electron chi connectivity index (χ4n) is 4.21. The lowest BCUT2D eigenvalue weighted by molar-refractivity contribution is -0.139. The predicted molar refractivity (Wildman–Crippen MR) is 165 cm³/mol. The van der Waals surface area contributed by atoms with E-state index in [9.17, 15) is 18.0 Å². The molecule has 0 unspecified atom stereocenters. The quantitative estimate of drug-likeness (QED) is 0.289. The first kappa shape index (κ1) is 32.8. The fourth-order valence-corrected chi connectivity index (χ4v) is 5.79. The van der Waals surface area contributed by atoms with Gasteiger partial charge in [0.1, 0.15) is 24.1 Å². The molecule has 0 radical (unpaired) electrons. The molecular formula is C31H38ClN3O6S. The topological polar surface area (TPSA) is 105 Å². The highest BCUT2D eigenvalue weighted by molar-refractivity contribution is 7.92. The minimum absolute atomic E-state index is 0.00926. The Morgan fingerprint density at radius 1 is 0.952 bits per heavy atom. The summed E-state index contributed by atoms with van der Waals surface area (Å²) in [7, 11) is -1.33. The van der Waals surface area contributed by atoms with Gasteiger partial charge in [-0.05, 0) is 67.8 Å². The summed E-state index contributed by atoms with van der Waals surface area (Å²) in [5.41, 5.74) is 1.68. The average Bonchev–Trinajstić information content (AvgIpc) is 2.97. The predicted octanol–water partition coefficient (Wildman–Crippen LogP) is 5.05. The number of hydrogen-bond acceptors (Lipinski definition) is 6. The molecular weight excluding hydrogens is 578 g/mol. The number of ether oxygens (including phenoxy) is 2. The highest BCUT2D eigenvalue weighted by Gasteiger charge is 2.34. The van der Waals surface area contributed by atoms with Gasteiger partial charge in [0.25, 0.3) is 10.0 Å². The van der Waals surface area contributed by atoms with Gasteiger partial charge in [0.15, 0.2) is 0 Å². The van der Waals surface area contributed by atoms with Crippen LogP contribution in [0.4, 0.5) is 5.69 Å². The molecule has 11 heteroatoms. The van der Waals surface area contributed by atoms with Crippen molar-refractivity contribution in [1.29, 1.82) is 0 Å². The maximum atomic E-state index is 14.1. The van der Waals surface area contributed by atoms with Crippen LogP contribution in [0, 0.1) is 12.8 Å². The summed E-state index contributed by atoms with van der Waals surface area (Å²) in [4.78, 5) is 28.6. The molecule has 0 aliphatic heterocycles. The number of sulfonamides is 1. The van der Waals surface area contributed by atoms with E-state index in [1.165, 1.54) is 43.4 Å². The van der Waals surface area contributed by atoms with E-state index in [0.29, 0.717) is 17.9 Å². The third kappa shape index (κ3) is 8.17. The van der Waals surface area contributed by atoms with E-state index >= 15 is 0 Å². The molecule has 226 valence electrons. The lowest BCUT2D eigenvalue weighted by Crippen LogP contribution is -2.51. The highest BCUT2D eigenvalue weighted by atomic mass is 35.5. The summed E-state index contributed by atoms with van der Waals surface area (Å²) in [6, 6.07) is 17.1. The monoisotopic (exact) mass is 615 g/mol. The summed E-state index contributed by atoms with van der Waals surface area (Å²) in [6.07, 6.45) is 0. The Kier molecular flexibility index (Phi) is 11.2. The van der Waals surface area contributed by atoms with Crippen molar-refractivity contribution in [2.24, 2.45) is 5.92 Å². The second-order valence-electron chi connectivity index (χ2n) is 10.3. The van der Waals surface area contributed by atoms with E-state index in [4.69, 9.17) is 21.1 Å². The van der Waals surface area contributed by atoms with E-state index in [0.717, 1.165) is 9.87 Å². The second kappa shape index (κ2) is 14.4. The SMILES string of the molecule is COc1cccc(CN(C(=O)CN(c2cc(Cl)ccc2OC)S(=O)(=O)c2ccc(C)cc2)[C@H](C)C(=O)NCC(C)C)c1. The normalized spacial score (nSPS) is 12.0. The number of hydrogen-bond donors (Lipinski definition) is 1. The number of carbonyl (C=O) groups is 2. The Morgan fingerprint density at radius 3 is 2.26 bits per heavy atom.